The Morgan fingerprint density at radius 2 is 2.00 bits per heavy atom. The number of amides is 1. The van der Waals surface area contributed by atoms with E-state index in [1.165, 1.54) is 0 Å². The monoisotopic (exact) mass is 169 g/mol. The van der Waals surface area contributed by atoms with Crippen LogP contribution < -0.4 is 5.32 Å². The van der Waals surface area contributed by atoms with E-state index in [9.17, 15) is 4.79 Å². The largest absolute Gasteiger partial charge is 0.356 e. The Balaban J connectivity index is 3.56. The summed E-state index contributed by atoms with van der Waals surface area (Å²) < 4.78 is 0. The summed E-state index contributed by atoms with van der Waals surface area (Å²) in [5, 5.41) is 2.54. The zero-order valence-corrected chi connectivity index (χ0v) is 8.48. The number of nitrogens with one attached hydrogen (secondary N) is 1. The van der Waals surface area contributed by atoms with Gasteiger partial charge in [0.2, 0.25) is 5.91 Å². The third-order valence-corrected chi connectivity index (χ3v) is 1.58. The standard InChI is InChI=1S/C10H19NO/c1-10(2,3)8-6-5-7-9(12)11-4/h5,7H,6,8H2,1-4H3,(H,11,12)/b7-5-. The van der Waals surface area contributed by atoms with Gasteiger partial charge in [0.05, 0.1) is 0 Å². The molecule has 0 saturated heterocycles. The highest BCUT2D eigenvalue weighted by Gasteiger charge is 2.07. The maximum Gasteiger partial charge on any atom is 0.243 e. The SMILES string of the molecule is CNC(=O)/C=C\CCC(C)(C)C. The van der Waals surface area contributed by atoms with Crippen molar-refractivity contribution in [3.8, 4) is 0 Å². The van der Waals surface area contributed by atoms with E-state index in [0.29, 0.717) is 5.41 Å². The van der Waals surface area contributed by atoms with Gasteiger partial charge in [-0.25, -0.2) is 0 Å². The molecule has 0 heterocycles. The number of carbonyl (C=O) groups excluding carboxylic acids is 1. The van der Waals surface area contributed by atoms with Crippen molar-refractivity contribution in [2.75, 3.05) is 7.05 Å². The predicted octanol–water partition coefficient (Wildman–Crippen LogP) is 2.11. The normalized spacial score (nSPS) is 12.0. The molecule has 0 fully saturated rings. The lowest BCUT2D eigenvalue weighted by Crippen LogP contribution is -2.14. The van der Waals surface area contributed by atoms with Gasteiger partial charge in [-0.05, 0) is 24.3 Å². The Morgan fingerprint density at radius 1 is 1.42 bits per heavy atom. The third kappa shape index (κ3) is 7.32. The Hall–Kier alpha value is -0.790. The molecule has 0 radical (unpaired) electrons. The number of hydrogen-bond acceptors (Lipinski definition) is 1. The van der Waals surface area contributed by atoms with E-state index in [1.807, 2.05) is 6.08 Å². The Morgan fingerprint density at radius 3 is 2.42 bits per heavy atom. The molecule has 0 atom stereocenters. The van der Waals surface area contributed by atoms with Crippen LogP contribution in [0.2, 0.25) is 0 Å². The van der Waals surface area contributed by atoms with Gasteiger partial charge in [-0.15, -0.1) is 0 Å². The lowest BCUT2D eigenvalue weighted by molar-refractivity contribution is -0.116. The van der Waals surface area contributed by atoms with Crippen molar-refractivity contribution in [2.45, 2.75) is 33.6 Å². The smallest absolute Gasteiger partial charge is 0.243 e. The van der Waals surface area contributed by atoms with Crippen LogP contribution in [0.4, 0.5) is 0 Å². The number of allylic oxidation sites excluding steroid dienone is 1. The fourth-order valence-electron chi connectivity index (χ4n) is 0.790. The molecule has 0 aliphatic rings. The molecule has 0 aromatic rings. The molecule has 1 N–H and O–H groups in total. The lowest BCUT2D eigenvalue weighted by Gasteiger charge is -2.15. The van der Waals surface area contributed by atoms with E-state index in [2.05, 4.69) is 26.1 Å². The predicted molar refractivity (Wildman–Crippen MR) is 51.9 cm³/mol. The van der Waals surface area contributed by atoms with E-state index in [4.69, 9.17) is 0 Å². The average molecular weight is 169 g/mol. The lowest BCUT2D eigenvalue weighted by atomic mass is 9.90. The Bertz CT molecular complexity index is 165. The molecule has 2 nitrogen and oxygen atoms in total. The first-order chi connectivity index (χ1) is 5.45. The summed E-state index contributed by atoms with van der Waals surface area (Å²) in [6.45, 7) is 6.59. The molecule has 0 saturated carbocycles. The van der Waals surface area contributed by atoms with Gasteiger partial charge in [0.15, 0.2) is 0 Å². The Labute approximate surface area is 75.0 Å². The van der Waals surface area contributed by atoms with Crippen LogP contribution in [0.15, 0.2) is 12.2 Å². The summed E-state index contributed by atoms with van der Waals surface area (Å²) in [5.41, 5.74) is 0.354. The highest BCUT2D eigenvalue weighted by atomic mass is 16.1. The van der Waals surface area contributed by atoms with Gasteiger partial charge in [-0.3, -0.25) is 4.79 Å². The van der Waals surface area contributed by atoms with Crippen LogP contribution in [-0.4, -0.2) is 13.0 Å². The second-order valence-electron chi connectivity index (χ2n) is 4.12. The van der Waals surface area contributed by atoms with E-state index in [1.54, 1.807) is 13.1 Å². The Kier molecular flexibility index (Phi) is 4.64. The molecule has 0 unspecified atom stereocenters. The molecular weight excluding hydrogens is 150 g/mol. The van der Waals surface area contributed by atoms with Gasteiger partial charge in [0.25, 0.3) is 0 Å². The molecule has 12 heavy (non-hydrogen) atoms. The van der Waals surface area contributed by atoms with Crippen LogP contribution in [0.3, 0.4) is 0 Å². The number of likely N-dealkylation sites (N-methyl/N-ethyl adjacent to an activating group) is 1. The zero-order valence-electron chi connectivity index (χ0n) is 8.48. The van der Waals surface area contributed by atoms with Gasteiger partial charge in [-0.2, -0.15) is 0 Å². The van der Waals surface area contributed by atoms with Crippen LogP contribution in [0, 0.1) is 5.41 Å². The van der Waals surface area contributed by atoms with Gasteiger partial charge in [0.1, 0.15) is 0 Å². The summed E-state index contributed by atoms with van der Waals surface area (Å²) in [4.78, 5) is 10.7. The average Bonchev–Trinajstić information content (AvgIpc) is 1.96. The third-order valence-electron chi connectivity index (χ3n) is 1.58. The molecule has 0 aromatic heterocycles. The van der Waals surface area contributed by atoms with E-state index < -0.39 is 0 Å². The van der Waals surface area contributed by atoms with Crippen molar-refractivity contribution in [1.29, 1.82) is 0 Å². The molecule has 0 spiro atoms. The number of rotatable bonds is 3. The topological polar surface area (TPSA) is 29.1 Å². The first kappa shape index (κ1) is 11.2. The van der Waals surface area contributed by atoms with Gasteiger partial charge in [-0.1, -0.05) is 26.8 Å². The highest BCUT2D eigenvalue weighted by Crippen LogP contribution is 2.20. The fourth-order valence-corrected chi connectivity index (χ4v) is 0.790. The summed E-state index contributed by atoms with van der Waals surface area (Å²) in [7, 11) is 1.64. The van der Waals surface area contributed by atoms with Crippen LogP contribution in [0.1, 0.15) is 33.6 Å². The molecule has 0 aromatic carbocycles. The second-order valence-corrected chi connectivity index (χ2v) is 4.12. The molecular formula is C10H19NO. The highest BCUT2D eigenvalue weighted by molar-refractivity contribution is 5.87. The van der Waals surface area contributed by atoms with Crippen LogP contribution in [-0.2, 0) is 4.79 Å². The molecule has 70 valence electrons. The van der Waals surface area contributed by atoms with Gasteiger partial charge < -0.3 is 5.32 Å². The first-order valence-electron chi connectivity index (χ1n) is 4.34. The van der Waals surface area contributed by atoms with Crippen molar-refractivity contribution in [3.63, 3.8) is 0 Å². The maximum atomic E-state index is 10.7. The number of hydrogen-bond donors (Lipinski definition) is 1. The van der Waals surface area contributed by atoms with Crippen LogP contribution in [0.5, 0.6) is 0 Å². The van der Waals surface area contributed by atoms with Crippen molar-refractivity contribution in [1.82, 2.24) is 5.32 Å². The molecule has 0 rings (SSSR count). The maximum absolute atomic E-state index is 10.7. The zero-order chi connectivity index (χ0) is 9.61. The van der Waals surface area contributed by atoms with Gasteiger partial charge in [0, 0.05) is 7.05 Å². The van der Waals surface area contributed by atoms with Crippen LogP contribution in [0.25, 0.3) is 0 Å². The van der Waals surface area contributed by atoms with Crippen molar-refractivity contribution in [2.24, 2.45) is 5.41 Å². The minimum atomic E-state index is -0.0242. The second kappa shape index (κ2) is 4.96. The first-order valence-corrected chi connectivity index (χ1v) is 4.34. The minimum absolute atomic E-state index is 0.0242. The molecule has 1 amide bonds. The van der Waals surface area contributed by atoms with E-state index >= 15 is 0 Å². The molecule has 0 aliphatic heterocycles. The quantitative estimate of drug-likeness (QED) is 0.644. The van der Waals surface area contributed by atoms with Crippen molar-refractivity contribution >= 4 is 5.91 Å². The number of carbonyl (C=O) groups is 1. The van der Waals surface area contributed by atoms with E-state index in [-0.39, 0.29) is 5.91 Å². The molecule has 0 aliphatic carbocycles. The van der Waals surface area contributed by atoms with Crippen molar-refractivity contribution < 1.29 is 4.79 Å². The minimum Gasteiger partial charge on any atom is -0.356 e. The van der Waals surface area contributed by atoms with E-state index in [0.717, 1.165) is 12.8 Å². The fraction of sp³-hybridized carbons (Fsp3) is 0.700. The van der Waals surface area contributed by atoms with Gasteiger partial charge >= 0.3 is 0 Å². The summed E-state index contributed by atoms with van der Waals surface area (Å²) in [6.07, 6.45) is 5.59. The summed E-state index contributed by atoms with van der Waals surface area (Å²) >= 11 is 0. The summed E-state index contributed by atoms with van der Waals surface area (Å²) in [5.74, 6) is -0.0242. The molecule has 0 bridgehead atoms. The van der Waals surface area contributed by atoms with Crippen LogP contribution >= 0.6 is 0 Å². The summed E-state index contributed by atoms with van der Waals surface area (Å²) in [6, 6.07) is 0. The molecule has 2 heteroatoms. The van der Waals surface area contributed by atoms with Crippen molar-refractivity contribution in [3.05, 3.63) is 12.2 Å².